The maximum absolute atomic E-state index is 2.34. The first-order valence-corrected chi connectivity index (χ1v) is 7.65. The average molecular weight is 287 g/mol. The van der Waals surface area contributed by atoms with E-state index < -0.39 is 0 Å². The van der Waals surface area contributed by atoms with Crippen molar-refractivity contribution in [3.63, 3.8) is 0 Å². The van der Waals surface area contributed by atoms with Gasteiger partial charge < -0.3 is 4.90 Å². The molecular formula is C21H21N. The number of para-hydroxylation sites is 2. The van der Waals surface area contributed by atoms with Gasteiger partial charge in [-0.1, -0.05) is 54.1 Å². The van der Waals surface area contributed by atoms with Crippen molar-refractivity contribution in [1.82, 2.24) is 0 Å². The summed E-state index contributed by atoms with van der Waals surface area (Å²) in [5, 5.41) is 0. The number of rotatable bonds is 3. The molecule has 0 bridgehead atoms. The van der Waals surface area contributed by atoms with Gasteiger partial charge in [-0.3, -0.25) is 0 Å². The van der Waals surface area contributed by atoms with Crippen molar-refractivity contribution >= 4 is 17.1 Å². The molecule has 0 aliphatic heterocycles. The van der Waals surface area contributed by atoms with Gasteiger partial charge in [-0.25, -0.2) is 0 Å². The van der Waals surface area contributed by atoms with Crippen LogP contribution in [0.25, 0.3) is 0 Å². The van der Waals surface area contributed by atoms with Crippen LogP contribution in [0, 0.1) is 20.8 Å². The normalized spacial score (nSPS) is 10.5. The molecule has 0 aliphatic carbocycles. The monoisotopic (exact) mass is 287 g/mol. The first-order valence-electron chi connectivity index (χ1n) is 7.65. The number of anilines is 3. The molecule has 0 aromatic heterocycles. The van der Waals surface area contributed by atoms with Crippen molar-refractivity contribution < 1.29 is 0 Å². The quantitative estimate of drug-likeness (QED) is 0.564. The van der Waals surface area contributed by atoms with E-state index in [1.165, 1.54) is 33.8 Å². The second-order valence-electron chi connectivity index (χ2n) is 5.74. The zero-order valence-corrected chi connectivity index (χ0v) is 13.4. The highest BCUT2D eigenvalue weighted by Crippen LogP contribution is 2.37. The van der Waals surface area contributed by atoms with Gasteiger partial charge in [-0.05, 0) is 56.2 Å². The molecule has 0 unspecified atom stereocenters. The summed E-state index contributed by atoms with van der Waals surface area (Å²) in [6, 6.07) is 25.8. The zero-order chi connectivity index (χ0) is 15.5. The molecule has 0 N–H and O–H groups in total. The summed E-state index contributed by atoms with van der Waals surface area (Å²) >= 11 is 0. The minimum atomic E-state index is 1.19. The zero-order valence-electron chi connectivity index (χ0n) is 13.4. The Labute approximate surface area is 132 Å². The highest BCUT2D eigenvalue weighted by atomic mass is 15.1. The Morgan fingerprint density at radius 2 is 1.00 bits per heavy atom. The third-order valence-corrected chi connectivity index (χ3v) is 4.00. The number of nitrogens with zero attached hydrogens (tertiary/aromatic N) is 1. The third-order valence-electron chi connectivity index (χ3n) is 4.00. The van der Waals surface area contributed by atoms with Gasteiger partial charge in [0.25, 0.3) is 0 Å². The fourth-order valence-electron chi connectivity index (χ4n) is 2.73. The number of hydrogen-bond donors (Lipinski definition) is 0. The average Bonchev–Trinajstić information content (AvgIpc) is 2.53. The van der Waals surface area contributed by atoms with Crippen LogP contribution >= 0.6 is 0 Å². The van der Waals surface area contributed by atoms with Crippen LogP contribution in [0.3, 0.4) is 0 Å². The van der Waals surface area contributed by atoms with Crippen LogP contribution in [0.4, 0.5) is 17.1 Å². The van der Waals surface area contributed by atoms with Crippen LogP contribution in [0.5, 0.6) is 0 Å². The largest absolute Gasteiger partial charge is 0.310 e. The maximum atomic E-state index is 2.34. The van der Waals surface area contributed by atoms with Gasteiger partial charge in [0.1, 0.15) is 0 Å². The highest BCUT2D eigenvalue weighted by Gasteiger charge is 2.15. The first-order chi connectivity index (χ1) is 10.7. The van der Waals surface area contributed by atoms with E-state index in [1.54, 1.807) is 0 Å². The van der Waals surface area contributed by atoms with Crippen molar-refractivity contribution in [2.45, 2.75) is 20.8 Å². The number of hydrogen-bond acceptors (Lipinski definition) is 1. The predicted octanol–water partition coefficient (Wildman–Crippen LogP) is 6.08. The fraction of sp³-hybridized carbons (Fsp3) is 0.143. The minimum Gasteiger partial charge on any atom is -0.310 e. The fourth-order valence-corrected chi connectivity index (χ4v) is 2.73. The molecule has 0 spiro atoms. The van der Waals surface area contributed by atoms with Gasteiger partial charge in [0, 0.05) is 17.1 Å². The predicted molar refractivity (Wildman–Crippen MR) is 95.3 cm³/mol. The van der Waals surface area contributed by atoms with Gasteiger partial charge in [-0.2, -0.15) is 0 Å². The lowest BCUT2D eigenvalue weighted by atomic mass is 10.1. The molecule has 3 aromatic carbocycles. The van der Waals surface area contributed by atoms with E-state index in [1.807, 2.05) is 0 Å². The van der Waals surface area contributed by atoms with E-state index in [0.29, 0.717) is 0 Å². The summed E-state index contributed by atoms with van der Waals surface area (Å²) in [6.45, 7) is 6.44. The van der Waals surface area contributed by atoms with Crippen LogP contribution in [0.1, 0.15) is 16.7 Å². The van der Waals surface area contributed by atoms with Gasteiger partial charge in [0.15, 0.2) is 0 Å². The summed E-state index contributed by atoms with van der Waals surface area (Å²) < 4.78 is 0. The van der Waals surface area contributed by atoms with Gasteiger partial charge in [0.2, 0.25) is 0 Å². The molecule has 3 rings (SSSR count). The van der Waals surface area contributed by atoms with Gasteiger partial charge in [-0.15, -0.1) is 0 Å². The molecule has 0 fully saturated rings. The van der Waals surface area contributed by atoms with Crippen LogP contribution in [-0.4, -0.2) is 0 Å². The number of benzene rings is 3. The van der Waals surface area contributed by atoms with Gasteiger partial charge >= 0.3 is 0 Å². The Kier molecular flexibility index (Phi) is 3.97. The highest BCUT2D eigenvalue weighted by molar-refractivity contribution is 5.79. The number of aryl methyl sites for hydroxylation is 3. The van der Waals surface area contributed by atoms with Crippen molar-refractivity contribution in [3.05, 3.63) is 89.5 Å². The summed E-state index contributed by atoms with van der Waals surface area (Å²) in [4.78, 5) is 2.34. The molecule has 1 nitrogen and oxygen atoms in total. The first kappa shape index (κ1) is 14.4. The SMILES string of the molecule is Cc1ccc(N(c2ccccc2C)c2ccccc2C)cc1. The van der Waals surface area contributed by atoms with E-state index in [0.717, 1.165) is 0 Å². The van der Waals surface area contributed by atoms with Crippen LogP contribution in [0.15, 0.2) is 72.8 Å². The molecule has 0 atom stereocenters. The summed E-state index contributed by atoms with van der Waals surface area (Å²) in [5.74, 6) is 0. The van der Waals surface area contributed by atoms with E-state index >= 15 is 0 Å². The lowest BCUT2D eigenvalue weighted by molar-refractivity contribution is 1.22. The molecule has 0 saturated heterocycles. The van der Waals surface area contributed by atoms with Crippen LogP contribution in [0.2, 0.25) is 0 Å². The standard InChI is InChI=1S/C21H21N/c1-16-12-14-19(15-13-16)22(20-10-6-4-8-17(20)2)21-11-7-5-9-18(21)3/h4-15H,1-3H3. The molecule has 3 aromatic rings. The second kappa shape index (κ2) is 6.07. The molecule has 1 heteroatoms. The molecule has 0 amide bonds. The van der Waals surface area contributed by atoms with E-state index in [4.69, 9.17) is 0 Å². The molecule has 0 radical (unpaired) electrons. The minimum absolute atomic E-state index is 1.19. The Bertz CT molecular complexity index is 726. The van der Waals surface area contributed by atoms with E-state index in [2.05, 4.69) is 98.5 Å². The summed E-state index contributed by atoms with van der Waals surface area (Å²) in [5.41, 5.74) is 7.45. The van der Waals surface area contributed by atoms with E-state index in [9.17, 15) is 0 Å². The smallest absolute Gasteiger partial charge is 0.0490 e. The van der Waals surface area contributed by atoms with Crippen molar-refractivity contribution in [3.8, 4) is 0 Å². The Balaban J connectivity index is 2.21. The summed E-state index contributed by atoms with van der Waals surface area (Å²) in [6.07, 6.45) is 0. The molecular weight excluding hydrogens is 266 g/mol. The molecule has 110 valence electrons. The summed E-state index contributed by atoms with van der Waals surface area (Å²) in [7, 11) is 0. The molecule has 0 aliphatic rings. The lowest BCUT2D eigenvalue weighted by Crippen LogP contribution is -2.12. The molecule has 0 saturated carbocycles. The topological polar surface area (TPSA) is 3.24 Å². The Hall–Kier alpha value is -2.54. The lowest BCUT2D eigenvalue weighted by Gasteiger charge is -2.28. The Morgan fingerprint density at radius 3 is 1.45 bits per heavy atom. The second-order valence-corrected chi connectivity index (χ2v) is 5.74. The third kappa shape index (κ3) is 2.75. The molecule has 0 heterocycles. The molecule has 22 heavy (non-hydrogen) atoms. The van der Waals surface area contributed by atoms with Crippen molar-refractivity contribution in [2.75, 3.05) is 4.90 Å². The van der Waals surface area contributed by atoms with Gasteiger partial charge in [0.05, 0.1) is 0 Å². The maximum Gasteiger partial charge on any atom is 0.0490 e. The van der Waals surface area contributed by atoms with E-state index in [-0.39, 0.29) is 0 Å². The van der Waals surface area contributed by atoms with Crippen molar-refractivity contribution in [2.24, 2.45) is 0 Å². The Morgan fingerprint density at radius 1 is 0.545 bits per heavy atom. The van der Waals surface area contributed by atoms with Crippen molar-refractivity contribution in [1.29, 1.82) is 0 Å². The van der Waals surface area contributed by atoms with Crippen LogP contribution in [-0.2, 0) is 0 Å². The van der Waals surface area contributed by atoms with Crippen LogP contribution < -0.4 is 4.90 Å².